The Balaban J connectivity index is 2.77. The van der Waals surface area contributed by atoms with Gasteiger partial charge >= 0.3 is 0 Å². The average Bonchev–Trinajstić information content (AvgIpc) is 2.37. The van der Waals surface area contributed by atoms with Gasteiger partial charge in [0.2, 0.25) is 5.91 Å². The van der Waals surface area contributed by atoms with Gasteiger partial charge in [0, 0.05) is 20.1 Å². The van der Waals surface area contributed by atoms with E-state index in [1.165, 1.54) is 5.56 Å². The smallest absolute Gasteiger partial charge is 0.229 e. The Morgan fingerprint density at radius 3 is 2.61 bits per heavy atom. The molecule has 0 fully saturated rings. The molecule has 0 spiro atoms. The number of hydrogen-bond acceptors (Lipinski definition) is 2. The zero-order valence-corrected chi connectivity index (χ0v) is 11.9. The van der Waals surface area contributed by atoms with Crippen molar-refractivity contribution in [1.29, 1.82) is 0 Å². The summed E-state index contributed by atoms with van der Waals surface area (Å²) in [6.45, 7) is 7.02. The van der Waals surface area contributed by atoms with Gasteiger partial charge < -0.3 is 10.6 Å². The largest absolute Gasteiger partial charge is 0.341 e. The normalized spacial score (nSPS) is 14.1. The minimum atomic E-state index is -0.446. The van der Waals surface area contributed by atoms with Crippen LogP contribution >= 0.6 is 0 Å². The molecule has 0 radical (unpaired) electrons. The van der Waals surface area contributed by atoms with Crippen LogP contribution in [-0.4, -0.2) is 24.4 Å². The fourth-order valence-electron chi connectivity index (χ4n) is 2.00. The van der Waals surface area contributed by atoms with E-state index in [0.29, 0.717) is 13.1 Å². The van der Waals surface area contributed by atoms with E-state index in [4.69, 9.17) is 5.73 Å². The molecule has 0 bridgehead atoms. The van der Waals surface area contributed by atoms with Crippen molar-refractivity contribution in [3.05, 3.63) is 35.4 Å². The van der Waals surface area contributed by atoms with Gasteiger partial charge in [0.25, 0.3) is 0 Å². The molecule has 0 heterocycles. The van der Waals surface area contributed by atoms with Crippen LogP contribution in [0.4, 0.5) is 0 Å². The summed E-state index contributed by atoms with van der Waals surface area (Å²) in [6, 6.07) is 8.23. The fraction of sp³-hybridized carbons (Fsp3) is 0.533. The van der Waals surface area contributed by atoms with Gasteiger partial charge in [-0.1, -0.05) is 36.8 Å². The molecule has 1 amide bonds. The number of aryl methyl sites for hydroxylation is 1. The summed E-state index contributed by atoms with van der Waals surface area (Å²) in [4.78, 5) is 14.1. The number of carbonyl (C=O) groups is 1. The first-order valence-electron chi connectivity index (χ1n) is 6.44. The van der Waals surface area contributed by atoms with E-state index < -0.39 is 5.41 Å². The van der Waals surface area contributed by atoms with E-state index in [2.05, 4.69) is 19.1 Å². The lowest BCUT2D eigenvalue weighted by Crippen LogP contribution is -2.44. The molecule has 1 aromatic carbocycles. The lowest BCUT2D eigenvalue weighted by atomic mass is 9.86. The van der Waals surface area contributed by atoms with Crippen molar-refractivity contribution in [1.82, 2.24) is 4.90 Å². The van der Waals surface area contributed by atoms with Crippen molar-refractivity contribution in [3.63, 3.8) is 0 Å². The number of carbonyl (C=O) groups excluding carboxylic acids is 1. The van der Waals surface area contributed by atoms with Crippen molar-refractivity contribution >= 4 is 5.91 Å². The number of rotatable bonds is 5. The molecule has 1 rings (SSSR count). The van der Waals surface area contributed by atoms with Gasteiger partial charge in [-0.15, -0.1) is 0 Å². The van der Waals surface area contributed by atoms with Crippen LogP contribution in [0, 0.1) is 12.3 Å². The first kappa shape index (κ1) is 14.7. The summed E-state index contributed by atoms with van der Waals surface area (Å²) in [6.07, 6.45) is 0.764. The average molecular weight is 248 g/mol. The molecular weight excluding hydrogens is 224 g/mol. The Kier molecular flexibility index (Phi) is 4.91. The molecule has 0 aliphatic heterocycles. The molecule has 0 aromatic heterocycles. The molecule has 1 unspecified atom stereocenters. The third-order valence-corrected chi connectivity index (χ3v) is 3.60. The molecule has 1 atom stereocenters. The van der Waals surface area contributed by atoms with E-state index in [1.807, 2.05) is 33.0 Å². The van der Waals surface area contributed by atoms with E-state index in [1.54, 1.807) is 4.90 Å². The minimum absolute atomic E-state index is 0.119. The van der Waals surface area contributed by atoms with Gasteiger partial charge in [0.05, 0.1) is 5.41 Å². The van der Waals surface area contributed by atoms with Crippen LogP contribution in [0.25, 0.3) is 0 Å². The predicted octanol–water partition coefficient (Wildman–Crippen LogP) is 2.33. The van der Waals surface area contributed by atoms with Gasteiger partial charge in [-0.2, -0.15) is 0 Å². The fourth-order valence-corrected chi connectivity index (χ4v) is 2.00. The third kappa shape index (κ3) is 3.33. The molecule has 1 aromatic rings. The molecule has 2 N–H and O–H groups in total. The topological polar surface area (TPSA) is 46.3 Å². The second kappa shape index (κ2) is 6.01. The molecule has 0 aliphatic carbocycles. The van der Waals surface area contributed by atoms with Crippen LogP contribution < -0.4 is 5.73 Å². The van der Waals surface area contributed by atoms with Gasteiger partial charge in [0.1, 0.15) is 0 Å². The Morgan fingerprint density at radius 2 is 2.11 bits per heavy atom. The Bertz CT molecular complexity index is 411. The number of nitrogens with zero attached hydrogens (tertiary/aromatic N) is 1. The predicted molar refractivity (Wildman–Crippen MR) is 75.1 cm³/mol. The van der Waals surface area contributed by atoms with Crippen molar-refractivity contribution < 1.29 is 4.79 Å². The number of hydrogen-bond donors (Lipinski definition) is 1. The first-order chi connectivity index (χ1) is 8.42. The summed E-state index contributed by atoms with van der Waals surface area (Å²) in [5.74, 6) is 0.119. The summed E-state index contributed by atoms with van der Waals surface area (Å²) >= 11 is 0. The summed E-state index contributed by atoms with van der Waals surface area (Å²) < 4.78 is 0. The van der Waals surface area contributed by atoms with Crippen molar-refractivity contribution in [2.45, 2.75) is 33.7 Å². The van der Waals surface area contributed by atoms with Crippen LogP contribution in [0.1, 0.15) is 31.4 Å². The highest BCUT2D eigenvalue weighted by Gasteiger charge is 2.32. The van der Waals surface area contributed by atoms with Crippen LogP contribution in [0.2, 0.25) is 0 Å². The lowest BCUT2D eigenvalue weighted by Gasteiger charge is -2.30. The number of nitrogens with two attached hydrogens (primary N) is 1. The maximum Gasteiger partial charge on any atom is 0.229 e. The molecule has 0 saturated carbocycles. The van der Waals surface area contributed by atoms with E-state index in [0.717, 1.165) is 12.0 Å². The standard InChI is InChI=1S/C15H24N2O/c1-5-15(3,11-16)14(18)17(4)10-13-8-6-7-12(2)9-13/h6-9H,5,10-11,16H2,1-4H3. The van der Waals surface area contributed by atoms with Crippen LogP contribution in [0.5, 0.6) is 0 Å². The van der Waals surface area contributed by atoms with Crippen molar-refractivity contribution in [3.8, 4) is 0 Å². The van der Waals surface area contributed by atoms with Crippen LogP contribution in [0.15, 0.2) is 24.3 Å². The quantitative estimate of drug-likeness (QED) is 0.869. The van der Waals surface area contributed by atoms with Crippen molar-refractivity contribution in [2.75, 3.05) is 13.6 Å². The molecule has 0 aliphatic rings. The number of benzene rings is 1. The maximum atomic E-state index is 12.4. The Labute approximate surface area is 110 Å². The molecule has 3 nitrogen and oxygen atoms in total. The molecule has 0 saturated heterocycles. The maximum absolute atomic E-state index is 12.4. The van der Waals surface area contributed by atoms with Gasteiger partial charge in [-0.25, -0.2) is 0 Å². The zero-order chi connectivity index (χ0) is 13.8. The summed E-state index contributed by atoms with van der Waals surface area (Å²) in [5, 5.41) is 0. The lowest BCUT2D eigenvalue weighted by molar-refractivity contribution is -0.140. The van der Waals surface area contributed by atoms with Gasteiger partial charge in [0.15, 0.2) is 0 Å². The first-order valence-corrected chi connectivity index (χ1v) is 6.44. The SMILES string of the molecule is CCC(C)(CN)C(=O)N(C)Cc1cccc(C)c1. The van der Waals surface area contributed by atoms with Gasteiger partial charge in [-0.3, -0.25) is 4.79 Å². The second-order valence-electron chi connectivity index (χ2n) is 5.27. The molecule has 3 heteroatoms. The van der Waals surface area contributed by atoms with Crippen LogP contribution in [0.3, 0.4) is 0 Å². The zero-order valence-electron chi connectivity index (χ0n) is 11.9. The monoisotopic (exact) mass is 248 g/mol. The molecule has 100 valence electrons. The van der Waals surface area contributed by atoms with Gasteiger partial charge in [-0.05, 0) is 25.8 Å². The van der Waals surface area contributed by atoms with E-state index in [-0.39, 0.29) is 5.91 Å². The molecular formula is C15H24N2O. The minimum Gasteiger partial charge on any atom is -0.341 e. The number of amides is 1. The Morgan fingerprint density at radius 1 is 1.44 bits per heavy atom. The van der Waals surface area contributed by atoms with E-state index >= 15 is 0 Å². The highest BCUT2D eigenvalue weighted by molar-refractivity contribution is 5.82. The summed E-state index contributed by atoms with van der Waals surface area (Å²) in [5.41, 5.74) is 7.65. The van der Waals surface area contributed by atoms with Crippen LogP contribution in [-0.2, 0) is 11.3 Å². The highest BCUT2D eigenvalue weighted by Crippen LogP contribution is 2.23. The Hall–Kier alpha value is -1.35. The van der Waals surface area contributed by atoms with Crippen molar-refractivity contribution in [2.24, 2.45) is 11.1 Å². The molecule has 18 heavy (non-hydrogen) atoms. The second-order valence-corrected chi connectivity index (χ2v) is 5.27. The van der Waals surface area contributed by atoms with E-state index in [9.17, 15) is 4.79 Å². The summed E-state index contributed by atoms with van der Waals surface area (Å²) in [7, 11) is 1.84. The highest BCUT2D eigenvalue weighted by atomic mass is 16.2. The third-order valence-electron chi connectivity index (χ3n) is 3.60.